The summed E-state index contributed by atoms with van der Waals surface area (Å²) in [6, 6.07) is 0. The Morgan fingerprint density at radius 2 is 2.43 bits per heavy atom. The number of nitrogens with one attached hydrogen (secondary N) is 2. The minimum atomic E-state index is -0.00861. The van der Waals surface area contributed by atoms with Crippen molar-refractivity contribution in [1.82, 2.24) is 10.6 Å². The highest BCUT2D eigenvalue weighted by Crippen LogP contribution is 2.27. The summed E-state index contributed by atoms with van der Waals surface area (Å²) in [6.45, 7) is 0.814. The largest absolute Gasteiger partial charge is 0.365 e. The van der Waals surface area contributed by atoms with E-state index in [9.17, 15) is 4.79 Å². The molecule has 1 saturated carbocycles. The Balaban J connectivity index is 1.83. The van der Waals surface area contributed by atoms with Crippen LogP contribution >= 0.6 is 15.9 Å². The molecule has 1 fully saturated rings. The Morgan fingerprint density at radius 1 is 1.64 bits per heavy atom. The summed E-state index contributed by atoms with van der Waals surface area (Å²) in [7, 11) is 0. The number of carbonyl (C=O) groups excluding carboxylic acids is 1. The monoisotopic (exact) mass is 256 g/mol. The zero-order valence-electron chi connectivity index (χ0n) is 7.79. The number of rotatable bonds is 3. The van der Waals surface area contributed by atoms with Crippen LogP contribution in [-0.2, 0) is 4.79 Å². The summed E-state index contributed by atoms with van der Waals surface area (Å²) in [5, 5.41) is 5.95. The normalized spacial score (nSPS) is 25.2. The first-order valence-electron chi connectivity index (χ1n) is 4.83. The lowest BCUT2D eigenvalue weighted by Gasteiger charge is -2.16. The Kier molecular flexibility index (Phi) is 2.91. The molecule has 1 heterocycles. The van der Waals surface area contributed by atoms with Gasteiger partial charge in [-0.2, -0.15) is 0 Å². The van der Waals surface area contributed by atoms with Crippen LogP contribution in [0.5, 0.6) is 0 Å². The maximum Gasteiger partial charge on any atom is 0.267 e. The van der Waals surface area contributed by atoms with Gasteiger partial charge in [-0.1, -0.05) is 28.1 Å². The van der Waals surface area contributed by atoms with Gasteiger partial charge in [0, 0.05) is 6.54 Å². The molecule has 2 rings (SSSR count). The van der Waals surface area contributed by atoms with Gasteiger partial charge in [0.2, 0.25) is 0 Å². The van der Waals surface area contributed by atoms with Gasteiger partial charge in [-0.05, 0) is 24.8 Å². The van der Waals surface area contributed by atoms with Crippen molar-refractivity contribution in [2.75, 3.05) is 6.54 Å². The number of alkyl halides is 1. The van der Waals surface area contributed by atoms with Crippen LogP contribution < -0.4 is 10.6 Å². The molecule has 0 saturated heterocycles. The Hall–Kier alpha value is -0.770. The van der Waals surface area contributed by atoms with E-state index in [1.165, 1.54) is 12.8 Å². The van der Waals surface area contributed by atoms with Gasteiger partial charge in [-0.3, -0.25) is 4.79 Å². The quantitative estimate of drug-likeness (QED) is 0.590. The Morgan fingerprint density at radius 3 is 3.07 bits per heavy atom. The van der Waals surface area contributed by atoms with E-state index >= 15 is 0 Å². The van der Waals surface area contributed by atoms with Gasteiger partial charge >= 0.3 is 0 Å². The highest BCUT2D eigenvalue weighted by atomic mass is 79.9. The fourth-order valence-electron chi connectivity index (χ4n) is 1.29. The first-order chi connectivity index (χ1) is 6.75. The highest BCUT2D eigenvalue weighted by molar-refractivity contribution is 9.09. The van der Waals surface area contributed by atoms with Crippen LogP contribution in [0, 0.1) is 5.92 Å². The fourth-order valence-corrected chi connectivity index (χ4v) is 1.71. The molecule has 0 aromatic rings. The van der Waals surface area contributed by atoms with Crippen LogP contribution in [0.15, 0.2) is 23.9 Å². The number of halogens is 1. The molecule has 0 bridgehead atoms. The molecule has 14 heavy (non-hydrogen) atoms. The molecule has 0 radical (unpaired) electrons. The number of hydrogen-bond acceptors (Lipinski definition) is 2. The van der Waals surface area contributed by atoms with Crippen LogP contribution in [0.4, 0.5) is 0 Å². The third-order valence-electron chi connectivity index (χ3n) is 2.33. The molecule has 1 aliphatic heterocycles. The predicted octanol–water partition coefficient (Wildman–Crippen LogP) is 1.28. The molecular formula is C10H13BrN2O. The molecule has 2 aliphatic rings. The van der Waals surface area contributed by atoms with Crippen molar-refractivity contribution in [2.24, 2.45) is 5.92 Å². The Bertz CT molecular complexity index is 294. The molecule has 2 N–H and O–H groups in total. The first kappa shape index (κ1) is 9.77. The summed E-state index contributed by atoms with van der Waals surface area (Å²) in [5.41, 5.74) is 0.634. The number of amides is 1. The number of dihydropyridines is 1. The maximum absolute atomic E-state index is 11.6. The summed E-state index contributed by atoms with van der Waals surface area (Å²) in [5.74, 6) is 0.712. The molecule has 0 aromatic heterocycles. The van der Waals surface area contributed by atoms with Crippen LogP contribution in [0.3, 0.4) is 0 Å². The second kappa shape index (κ2) is 4.17. The molecule has 1 amide bonds. The lowest BCUT2D eigenvalue weighted by atomic mass is 10.2. The molecule has 1 unspecified atom stereocenters. The van der Waals surface area contributed by atoms with Crippen molar-refractivity contribution >= 4 is 21.8 Å². The molecule has 1 atom stereocenters. The zero-order valence-corrected chi connectivity index (χ0v) is 9.38. The predicted molar refractivity (Wildman–Crippen MR) is 58.8 cm³/mol. The van der Waals surface area contributed by atoms with E-state index in [1.807, 2.05) is 12.2 Å². The van der Waals surface area contributed by atoms with Gasteiger partial charge < -0.3 is 10.6 Å². The van der Waals surface area contributed by atoms with E-state index in [0.717, 1.165) is 12.5 Å². The standard InChI is InChI=1S/C10H13BrN2O/c11-9-3-1-2-8(13-9)10(14)12-6-7-4-5-7/h1-3,7,9,13H,4-6H2,(H,12,14). The van der Waals surface area contributed by atoms with Gasteiger partial charge in [0.15, 0.2) is 0 Å². The van der Waals surface area contributed by atoms with Crippen molar-refractivity contribution in [3.05, 3.63) is 23.9 Å². The minimum absolute atomic E-state index is 0.00861. The maximum atomic E-state index is 11.6. The van der Waals surface area contributed by atoms with Crippen LogP contribution in [0.2, 0.25) is 0 Å². The molecule has 4 heteroatoms. The van der Waals surface area contributed by atoms with Crippen molar-refractivity contribution in [3.8, 4) is 0 Å². The second-order valence-electron chi connectivity index (χ2n) is 3.66. The van der Waals surface area contributed by atoms with Crippen molar-refractivity contribution in [3.63, 3.8) is 0 Å². The van der Waals surface area contributed by atoms with E-state index in [-0.39, 0.29) is 10.9 Å². The molecule has 0 spiro atoms. The third-order valence-corrected chi connectivity index (χ3v) is 2.86. The van der Waals surface area contributed by atoms with Crippen molar-refractivity contribution < 1.29 is 4.79 Å². The summed E-state index contributed by atoms with van der Waals surface area (Å²) in [6.07, 6.45) is 8.13. The molecular weight excluding hydrogens is 244 g/mol. The molecule has 1 aliphatic carbocycles. The average molecular weight is 257 g/mol. The van der Waals surface area contributed by atoms with Gasteiger partial charge in [0.25, 0.3) is 5.91 Å². The van der Waals surface area contributed by atoms with Crippen molar-refractivity contribution in [2.45, 2.75) is 17.8 Å². The van der Waals surface area contributed by atoms with Gasteiger partial charge in [0.05, 0.1) is 0 Å². The van der Waals surface area contributed by atoms with E-state index in [4.69, 9.17) is 0 Å². The Labute approximate surface area is 91.8 Å². The first-order valence-corrected chi connectivity index (χ1v) is 5.74. The number of carbonyl (C=O) groups is 1. The highest BCUT2D eigenvalue weighted by Gasteiger charge is 2.22. The van der Waals surface area contributed by atoms with Crippen LogP contribution in [0.25, 0.3) is 0 Å². The number of hydrogen-bond donors (Lipinski definition) is 2. The van der Waals surface area contributed by atoms with Crippen molar-refractivity contribution in [1.29, 1.82) is 0 Å². The second-order valence-corrected chi connectivity index (χ2v) is 4.65. The lowest BCUT2D eigenvalue weighted by Crippen LogP contribution is -2.36. The van der Waals surface area contributed by atoms with Gasteiger partial charge in [-0.25, -0.2) is 0 Å². The van der Waals surface area contributed by atoms with Crippen LogP contribution in [-0.4, -0.2) is 17.4 Å². The molecule has 0 aromatic carbocycles. The summed E-state index contributed by atoms with van der Waals surface area (Å²) >= 11 is 3.37. The smallest absolute Gasteiger partial charge is 0.267 e. The molecule has 3 nitrogen and oxygen atoms in total. The third kappa shape index (κ3) is 2.61. The average Bonchev–Trinajstić information content (AvgIpc) is 2.97. The number of allylic oxidation sites excluding steroid dienone is 2. The van der Waals surface area contributed by atoms with Crippen LogP contribution in [0.1, 0.15) is 12.8 Å². The lowest BCUT2D eigenvalue weighted by molar-refractivity contribution is -0.117. The van der Waals surface area contributed by atoms with E-state index in [0.29, 0.717) is 5.70 Å². The topological polar surface area (TPSA) is 41.1 Å². The van der Waals surface area contributed by atoms with Gasteiger partial charge in [0.1, 0.15) is 10.6 Å². The minimum Gasteiger partial charge on any atom is -0.365 e. The SMILES string of the molecule is O=C(NCC1CC1)C1=CC=CC(Br)N1. The van der Waals surface area contributed by atoms with E-state index in [2.05, 4.69) is 26.6 Å². The zero-order chi connectivity index (χ0) is 9.97. The fraction of sp³-hybridized carbons (Fsp3) is 0.500. The molecule has 76 valence electrons. The van der Waals surface area contributed by atoms with Gasteiger partial charge in [-0.15, -0.1) is 0 Å². The van der Waals surface area contributed by atoms with E-state index < -0.39 is 0 Å². The summed E-state index contributed by atoms with van der Waals surface area (Å²) < 4.78 is 0. The van der Waals surface area contributed by atoms with E-state index in [1.54, 1.807) is 6.08 Å². The summed E-state index contributed by atoms with van der Waals surface area (Å²) in [4.78, 5) is 11.6.